The lowest BCUT2D eigenvalue weighted by Gasteiger charge is -2.33. The molecular formula is C15H24FN3. The molecule has 1 aromatic rings. The summed E-state index contributed by atoms with van der Waals surface area (Å²) in [6.07, 6.45) is 8.15. The summed E-state index contributed by atoms with van der Waals surface area (Å²) in [6, 6.07) is 2.27. The molecule has 1 aromatic heterocycles. The van der Waals surface area contributed by atoms with Crippen molar-refractivity contribution >= 4 is 0 Å². The van der Waals surface area contributed by atoms with Crippen LogP contribution in [0.15, 0.2) is 18.5 Å². The maximum Gasteiger partial charge on any atom is 0.141 e. The molecule has 1 saturated heterocycles. The highest BCUT2D eigenvalue weighted by Crippen LogP contribution is 2.16. The van der Waals surface area contributed by atoms with Gasteiger partial charge < -0.3 is 10.2 Å². The summed E-state index contributed by atoms with van der Waals surface area (Å²) in [7, 11) is 0. The third-order valence-electron chi connectivity index (χ3n) is 3.83. The van der Waals surface area contributed by atoms with Crippen LogP contribution in [0, 0.1) is 5.82 Å². The van der Waals surface area contributed by atoms with E-state index in [1.807, 2.05) is 0 Å². The fourth-order valence-electron chi connectivity index (χ4n) is 2.68. The van der Waals surface area contributed by atoms with Crippen LogP contribution >= 0.6 is 0 Å². The number of halogens is 1. The minimum atomic E-state index is -0.263. The van der Waals surface area contributed by atoms with Crippen molar-refractivity contribution in [3.05, 3.63) is 29.8 Å². The van der Waals surface area contributed by atoms with Crippen LogP contribution in [-0.4, -0.2) is 35.6 Å². The van der Waals surface area contributed by atoms with Gasteiger partial charge in [0.25, 0.3) is 0 Å². The Hall–Kier alpha value is -1.00. The number of hydrogen-bond donors (Lipinski definition) is 1. The van der Waals surface area contributed by atoms with Gasteiger partial charge in [-0.05, 0) is 57.5 Å². The van der Waals surface area contributed by atoms with Crippen LogP contribution in [0.2, 0.25) is 0 Å². The van der Waals surface area contributed by atoms with E-state index < -0.39 is 0 Å². The molecule has 0 aliphatic carbocycles. The normalized spacial score (nSPS) is 20.6. The third-order valence-corrected chi connectivity index (χ3v) is 3.83. The first kappa shape index (κ1) is 14.4. The van der Waals surface area contributed by atoms with Crippen molar-refractivity contribution in [1.29, 1.82) is 0 Å². The Balaban J connectivity index is 1.59. The Morgan fingerprint density at radius 3 is 3.11 bits per heavy atom. The molecule has 19 heavy (non-hydrogen) atoms. The van der Waals surface area contributed by atoms with Crippen LogP contribution in [0.5, 0.6) is 0 Å². The van der Waals surface area contributed by atoms with E-state index in [1.165, 1.54) is 38.1 Å². The van der Waals surface area contributed by atoms with Gasteiger partial charge in [-0.15, -0.1) is 0 Å². The highest BCUT2D eigenvalue weighted by molar-refractivity contribution is 5.09. The number of aromatic nitrogens is 1. The molecule has 0 aromatic carbocycles. The minimum absolute atomic E-state index is 0.263. The van der Waals surface area contributed by atoms with Crippen molar-refractivity contribution in [1.82, 2.24) is 15.2 Å². The summed E-state index contributed by atoms with van der Waals surface area (Å²) in [5.74, 6) is -0.263. The molecule has 2 rings (SSSR count). The molecule has 2 heterocycles. The topological polar surface area (TPSA) is 28.2 Å². The zero-order valence-electron chi connectivity index (χ0n) is 11.7. The molecule has 0 amide bonds. The molecule has 1 fully saturated rings. The van der Waals surface area contributed by atoms with Crippen LogP contribution in [0.25, 0.3) is 0 Å². The molecule has 0 spiro atoms. The van der Waals surface area contributed by atoms with Crippen LogP contribution in [0.4, 0.5) is 4.39 Å². The third kappa shape index (κ3) is 4.88. The second-order valence-electron chi connectivity index (χ2n) is 5.42. The first-order valence-corrected chi connectivity index (χ1v) is 7.30. The van der Waals surface area contributed by atoms with Crippen LogP contribution in [0.1, 0.15) is 38.2 Å². The van der Waals surface area contributed by atoms with Crippen molar-refractivity contribution in [2.24, 2.45) is 0 Å². The number of piperidine rings is 1. The molecule has 1 aliphatic heterocycles. The smallest absolute Gasteiger partial charge is 0.141 e. The average Bonchev–Trinajstić information content (AvgIpc) is 2.40. The van der Waals surface area contributed by atoms with Gasteiger partial charge in [0.2, 0.25) is 0 Å². The van der Waals surface area contributed by atoms with E-state index >= 15 is 0 Å². The Morgan fingerprint density at radius 1 is 1.42 bits per heavy atom. The second-order valence-corrected chi connectivity index (χ2v) is 5.42. The van der Waals surface area contributed by atoms with E-state index in [0.29, 0.717) is 6.54 Å². The first-order chi connectivity index (χ1) is 9.25. The van der Waals surface area contributed by atoms with Gasteiger partial charge in [-0.2, -0.15) is 0 Å². The van der Waals surface area contributed by atoms with Gasteiger partial charge in [-0.1, -0.05) is 6.42 Å². The number of pyridine rings is 1. The molecule has 106 valence electrons. The lowest BCUT2D eigenvalue weighted by atomic mass is 10.0. The van der Waals surface area contributed by atoms with Gasteiger partial charge in [-0.3, -0.25) is 4.98 Å². The standard InChI is InChI=1S/C15H24FN3/c1-13-5-2-3-7-19(13)8-4-6-17-10-14-9-15(16)12-18-11-14/h9,11-13,17H,2-8,10H2,1H3. The Bertz CT molecular complexity index is 383. The average molecular weight is 265 g/mol. The summed E-state index contributed by atoms with van der Waals surface area (Å²) in [5, 5.41) is 3.35. The predicted molar refractivity (Wildman–Crippen MR) is 75.4 cm³/mol. The van der Waals surface area contributed by atoms with E-state index in [-0.39, 0.29) is 5.82 Å². The molecule has 3 nitrogen and oxygen atoms in total. The van der Waals surface area contributed by atoms with E-state index in [1.54, 1.807) is 6.20 Å². The molecule has 1 atom stereocenters. The summed E-state index contributed by atoms with van der Waals surface area (Å²) < 4.78 is 12.9. The highest BCUT2D eigenvalue weighted by Gasteiger charge is 2.16. The quantitative estimate of drug-likeness (QED) is 0.801. The maximum absolute atomic E-state index is 12.9. The molecule has 1 aliphatic rings. The molecule has 0 saturated carbocycles. The predicted octanol–water partition coefficient (Wildman–Crippen LogP) is 2.57. The Kier molecular flexibility index (Phi) is 5.73. The van der Waals surface area contributed by atoms with Crippen molar-refractivity contribution < 1.29 is 4.39 Å². The van der Waals surface area contributed by atoms with E-state index in [9.17, 15) is 4.39 Å². The number of nitrogens with one attached hydrogen (secondary N) is 1. The summed E-state index contributed by atoms with van der Waals surface area (Å²) in [6.45, 7) is 6.40. The molecule has 1 N–H and O–H groups in total. The van der Waals surface area contributed by atoms with Crippen LogP contribution < -0.4 is 5.32 Å². The van der Waals surface area contributed by atoms with Crippen molar-refractivity contribution in [3.8, 4) is 0 Å². The van der Waals surface area contributed by atoms with Gasteiger partial charge >= 0.3 is 0 Å². The monoisotopic (exact) mass is 265 g/mol. The molecular weight excluding hydrogens is 241 g/mol. The molecule has 4 heteroatoms. The van der Waals surface area contributed by atoms with Crippen molar-refractivity contribution in [2.75, 3.05) is 19.6 Å². The van der Waals surface area contributed by atoms with E-state index in [0.717, 1.165) is 31.1 Å². The van der Waals surface area contributed by atoms with Crippen molar-refractivity contribution in [2.45, 2.75) is 45.2 Å². The molecule has 0 bridgehead atoms. The lowest BCUT2D eigenvalue weighted by molar-refractivity contribution is 0.159. The van der Waals surface area contributed by atoms with Crippen molar-refractivity contribution in [3.63, 3.8) is 0 Å². The SMILES string of the molecule is CC1CCCCN1CCCNCc1cncc(F)c1. The fourth-order valence-corrected chi connectivity index (χ4v) is 2.68. The minimum Gasteiger partial charge on any atom is -0.313 e. The van der Waals surface area contributed by atoms with E-state index in [2.05, 4.69) is 22.1 Å². The fraction of sp³-hybridized carbons (Fsp3) is 0.667. The zero-order valence-corrected chi connectivity index (χ0v) is 11.7. The number of nitrogens with zero attached hydrogens (tertiary/aromatic N) is 2. The molecule has 1 unspecified atom stereocenters. The first-order valence-electron chi connectivity index (χ1n) is 7.30. The number of rotatable bonds is 6. The highest BCUT2D eigenvalue weighted by atomic mass is 19.1. The summed E-state index contributed by atoms with van der Waals surface area (Å²) in [5.41, 5.74) is 0.909. The molecule has 0 radical (unpaired) electrons. The van der Waals surface area contributed by atoms with Gasteiger partial charge in [0.15, 0.2) is 0 Å². The second kappa shape index (κ2) is 7.56. The summed E-state index contributed by atoms with van der Waals surface area (Å²) in [4.78, 5) is 6.42. The zero-order chi connectivity index (χ0) is 13.5. The lowest BCUT2D eigenvalue weighted by Crippen LogP contribution is -2.38. The largest absolute Gasteiger partial charge is 0.313 e. The van der Waals surface area contributed by atoms with Gasteiger partial charge in [0.05, 0.1) is 6.20 Å². The maximum atomic E-state index is 12.9. The Morgan fingerprint density at radius 2 is 2.32 bits per heavy atom. The van der Waals surface area contributed by atoms with Gasteiger partial charge in [0.1, 0.15) is 5.82 Å². The number of hydrogen-bond acceptors (Lipinski definition) is 3. The van der Waals surface area contributed by atoms with Gasteiger partial charge in [-0.25, -0.2) is 4.39 Å². The van der Waals surface area contributed by atoms with Crippen LogP contribution in [-0.2, 0) is 6.54 Å². The van der Waals surface area contributed by atoms with Crippen LogP contribution in [0.3, 0.4) is 0 Å². The Labute approximate surface area is 115 Å². The van der Waals surface area contributed by atoms with E-state index in [4.69, 9.17) is 0 Å². The number of likely N-dealkylation sites (tertiary alicyclic amines) is 1. The van der Waals surface area contributed by atoms with Gasteiger partial charge in [0, 0.05) is 18.8 Å². The summed E-state index contributed by atoms with van der Waals surface area (Å²) >= 11 is 0.